The van der Waals surface area contributed by atoms with Crippen LogP contribution in [0.2, 0.25) is 0 Å². The molecule has 2 amide bonds. The van der Waals surface area contributed by atoms with Crippen molar-refractivity contribution in [3.05, 3.63) is 52.0 Å². The number of nitrogens with one attached hydrogen (secondary N) is 2. The van der Waals surface area contributed by atoms with Crippen LogP contribution >= 0.6 is 11.3 Å². The molecule has 9 heteroatoms. The van der Waals surface area contributed by atoms with Gasteiger partial charge in [0.2, 0.25) is 5.91 Å². The standard InChI is InChI=1S/C33H49N5O3S/c1-7-26(8-2)38-30-13-12-25(18-28(30)35-31(38)19-27-11-9-16-42-27)32(39)36-29(17-22(3)4)33(40)34-14-10-15-37-20-23(5)41-24(6)21-37/h9,11-13,16,18,22-24,26,29H,7-8,10,14-15,17,19-21H2,1-6H3,(H,34,40)(H,36,39)/t23?,24?,29-/m0/s1. The van der Waals surface area contributed by atoms with Gasteiger partial charge in [0.25, 0.3) is 5.91 Å². The highest BCUT2D eigenvalue weighted by Gasteiger charge is 2.25. The molecule has 1 fully saturated rings. The Kier molecular flexibility index (Phi) is 11.6. The number of thiophene rings is 1. The fourth-order valence-electron chi connectivity index (χ4n) is 6.09. The first-order valence-electron chi connectivity index (χ1n) is 15.7. The molecule has 2 N–H and O–H groups in total. The molecular weight excluding hydrogens is 546 g/mol. The molecule has 0 saturated carbocycles. The molecular formula is C33H49N5O3S. The fourth-order valence-corrected chi connectivity index (χ4v) is 6.80. The second-order valence-electron chi connectivity index (χ2n) is 12.1. The molecule has 3 heterocycles. The fraction of sp³-hybridized carbons (Fsp3) is 0.606. The summed E-state index contributed by atoms with van der Waals surface area (Å²) in [5.41, 5.74) is 2.39. The molecule has 1 saturated heterocycles. The zero-order valence-electron chi connectivity index (χ0n) is 26.2. The van der Waals surface area contributed by atoms with Crippen LogP contribution in [0.1, 0.15) is 94.3 Å². The molecule has 1 aliphatic heterocycles. The van der Waals surface area contributed by atoms with Crippen LogP contribution in [0.5, 0.6) is 0 Å². The van der Waals surface area contributed by atoms with Gasteiger partial charge >= 0.3 is 0 Å². The summed E-state index contributed by atoms with van der Waals surface area (Å²) in [6.07, 6.45) is 4.69. The lowest BCUT2D eigenvalue weighted by atomic mass is 10.0. The van der Waals surface area contributed by atoms with Crippen molar-refractivity contribution in [1.82, 2.24) is 25.1 Å². The lowest BCUT2D eigenvalue weighted by Crippen LogP contribution is -2.48. The number of hydrogen-bond donors (Lipinski definition) is 2. The Balaban J connectivity index is 1.43. The van der Waals surface area contributed by atoms with Gasteiger partial charge in [0.15, 0.2) is 0 Å². The highest BCUT2D eigenvalue weighted by atomic mass is 32.1. The van der Waals surface area contributed by atoms with Crippen LogP contribution in [0.3, 0.4) is 0 Å². The van der Waals surface area contributed by atoms with Gasteiger partial charge in [-0.3, -0.25) is 14.5 Å². The van der Waals surface area contributed by atoms with E-state index >= 15 is 0 Å². The van der Waals surface area contributed by atoms with Crippen molar-refractivity contribution in [1.29, 1.82) is 0 Å². The Labute approximate surface area is 255 Å². The Morgan fingerprint density at radius 3 is 2.50 bits per heavy atom. The minimum absolute atomic E-state index is 0.127. The van der Waals surface area contributed by atoms with Gasteiger partial charge in [-0.05, 0) is 75.1 Å². The number of imidazole rings is 1. The molecule has 0 aliphatic carbocycles. The highest BCUT2D eigenvalue weighted by molar-refractivity contribution is 7.09. The van der Waals surface area contributed by atoms with Gasteiger partial charge in [-0.2, -0.15) is 0 Å². The van der Waals surface area contributed by atoms with E-state index in [0.717, 1.165) is 62.2 Å². The number of carbonyl (C=O) groups is 2. The highest BCUT2D eigenvalue weighted by Crippen LogP contribution is 2.28. The smallest absolute Gasteiger partial charge is 0.252 e. The lowest BCUT2D eigenvalue weighted by molar-refractivity contribution is -0.123. The number of fused-ring (bicyclic) bond motifs is 1. The number of nitrogens with zero attached hydrogens (tertiary/aromatic N) is 3. The second kappa shape index (κ2) is 15.1. The molecule has 2 aromatic heterocycles. The van der Waals surface area contributed by atoms with Crippen molar-refractivity contribution in [2.75, 3.05) is 26.2 Å². The third kappa shape index (κ3) is 8.42. The summed E-state index contributed by atoms with van der Waals surface area (Å²) < 4.78 is 8.17. The van der Waals surface area contributed by atoms with E-state index in [-0.39, 0.29) is 29.9 Å². The number of rotatable bonds is 14. The maximum absolute atomic E-state index is 13.4. The molecule has 0 spiro atoms. The van der Waals surface area contributed by atoms with E-state index < -0.39 is 6.04 Å². The SMILES string of the molecule is CCC(CC)n1c(Cc2cccs2)nc2cc(C(=O)N[C@@H](CC(C)C)C(=O)NCCCN3CC(C)OC(C)C3)ccc21. The summed E-state index contributed by atoms with van der Waals surface area (Å²) in [5.74, 6) is 0.913. The van der Waals surface area contributed by atoms with E-state index in [1.807, 2.05) is 18.2 Å². The summed E-state index contributed by atoms with van der Waals surface area (Å²) in [4.78, 5) is 35.3. The average molecular weight is 596 g/mol. The predicted molar refractivity (Wildman–Crippen MR) is 171 cm³/mol. The third-order valence-corrected chi connectivity index (χ3v) is 8.90. The van der Waals surface area contributed by atoms with E-state index in [0.29, 0.717) is 24.6 Å². The molecule has 3 atom stereocenters. The number of hydrogen-bond acceptors (Lipinski definition) is 6. The van der Waals surface area contributed by atoms with Crippen molar-refractivity contribution in [3.8, 4) is 0 Å². The summed E-state index contributed by atoms with van der Waals surface area (Å²) in [6, 6.07) is 9.72. The molecule has 8 nitrogen and oxygen atoms in total. The zero-order chi connectivity index (χ0) is 30.2. The van der Waals surface area contributed by atoms with Gasteiger partial charge in [0.1, 0.15) is 11.9 Å². The van der Waals surface area contributed by atoms with E-state index in [1.165, 1.54) is 4.88 Å². The number of carbonyl (C=O) groups excluding carboxylic acids is 2. The van der Waals surface area contributed by atoms with Crippen LogP contribution in [0.25, 0.3) is 11.0 Å². The maximum Gasteiger partial charge on any atom is 0.252 e. The zero-order valence-corrected chi connectivity index (χ0v) is 27.0. The molecule has 3 aromatic rings. The maximum atomic E-state index is 13.4. The number of benzene rings is 1. The number of ether oxygens (including phenoxy) is 1. The molecule has 2 unspecified atom stereocenters. The summed E-state index contributed by atoms with van der Waals surface area (Å²) in [7, 11) is 0. The molecule has 230 valence electrons. The van der Waals surface area contributed by atoms with E-state index in [9.17, 15) is 9.59 Å². The van der Waals surface area contributed by atoms with Crippen LogP contribution in [0, 0.1) is 5.92 Å². The quantitative estimate of drug-likeness (QED) is 0.230. The summed E-state index contributed by atoms with van der Waals surface area (Å²) >= 11 is 1.74. The minimum Gasteiger partial charge on any atom is -0.373 e. The first-order chi connectivity index (χ1) is 20.2. The van der Waals surface area contributed by atoms with Gasteiger partial charge < -0.3 is 19.9 Å². The normalized spacial score (nSPS) is 18.6. The molecule has 4 rings (SSSR count). The monoisotopic (exact) mass is 595 g/mol. The van der Waals surface area contributed by atoms with Gasteiger partial charge in [-0.15, -0.1) is 11.3 Å². The molecule has 1 aromatic carbocycles. The van der Waals surface area contributed by atoms with Crippen LogP contribution in [-0.2, 0) is 16.0 Å². The minimum atomic E-state index is -0.590. The first kappa shape index (κ1) is 32.2. The number of aromatic nitrogens is 2. The molecule has 42 heavy (non-hydrogen) atoms. The van der Waals surface area contributed by atoms with E-state index in [2.05, 4.69) is 79.2 Å². The molecule has 0 radical (unpaired) electrons. The van der Waals surface area contributed by atoms with Crippen molar-refractivity contribution in [2.24, 2.45) is 5.92 Å². The first-order valence-corrected chi connectivity index (χ1v) is 16.6. The third-order valence-electron chi connectivity index (χ3n) is 8.02. The predicted octanol–water partition coefficient (Wildman–Crippen LogP) is 5.81. The molecule has 1 aliphatic rings. The molecule has 0 bridgehead atoms. The number of amides is 2. The summed E-state index contributed by atoms with van der Waals surface area (Å²) in [5, 5.41) is 8.18. The largest absolute Gasteiger partial charge is 0.373 e. The van der Waals surface area contributed by atoms with Crippen LogP contribution < -0.4 is 10.6 Å². The van der Waals surface area contributed by atoms with Gasteiger partial charge in [-0.25, -0.2) is 4.98 Å². The Hall–Kier alpha value is -2.75. The van der Waals surface area contributed by atoms with Gasteiger partial charge in [0, 0.05) is 49.1 Å². The van der Waals surface area contributed by atoms with Crippen LogP contribution in [0.4, 0.5) is 0 Å². The lowest BCUT2D eigenvalue weighted by Gasteiger charge is -2.35. The second-order valence-corrected chi connectivity index (χ2v) is 13.2. The van der Waals surface area contributed by atoms with Gasteiger partial charge in [-0.1, -0.05) is 33.8 Å². The Morgan fingerprint density at radius 2 is 1.86 bits per heavy atom. The van der Waals surface area contributed by atoms with Crippen LogP contribution in [0.15, 0.2) is 35.7 Å². The number of morpholine rings is 1. The van der Waals surface area contributed by atoms with Crippen molar-refractivity contribution in [3.63, 3.8) is 0 Å². The topological polar surface area (TPSA) is 88.5 Å². The van der Waals surface area contributed by atoms with E-state index in [1.54, 1.807) is 11.3 Å². The van der Waals surface area contributed by atoms with Crippen molar-refractivity contribution >= 4 is 34.2 Å². The van der Waals surface area contributed by atoms with Crippen LogP contribution in [-0.4, -0.2) is 70.7 Å². The Morgan fingerprint density at radius 1 is 1.12 bits per heavy atom. The van der Waals surface area contributed by atoms with E-state index in [4.69, 9.17) is 9.72 Å². The van der Waals surface area contributed by atoms with Crippen molar-refractivity contribution < 1.29 is 14.3 Å². The average Bonchev–Trinajstić information content (AvgIpc) is 3.58. The Bertz CT molecular complexity index is 1290. The van der Waals surface area contributed by atoms with Crippen molar-refractivity contribution in [2.45, 2.75) is 97.9 Å². The van der Waals surface area contributed by atoms with Gasteiger partial charge in [0.05, 0.1) is 23.2 Å². The summed E-state index contributed by atoms with van der Waals surface area (Å²) in [6.45, 7) is 16.1.